The number of hydrogen-bond acceptors (Lipinski definition) is 3. The van der Waals surface area contributed by atoms with Gasteiger partial charge in [-0.2, -0.15) is 23.4 Å². The Morgan fingerprint density at radius 1 is 1.46 bits per heavy atom. The number of carbonyl (C=O) groups excluding carboxylic acids is 1. The van der Waals surface area contributed by atoms with E-state index in [9.17, 15) is 18.0 Å². The van der Waals surface area contributed by atoms with Gasteiger partial charge in [-0.25, -0.2) is 0 Å². The topological polar surface area (TPSA) is 64.7 Å². The van der Waals surface area contributed by atoms with Crippen molar-refractivity contribution < 1.29 is 18.0 Å². The van der Waals surface area contributed by atoms with Crippen LogP contribution in [0.15, 0.2) is 10.7 Å². The Morgan fingerprint density at radius 2 is 2.12 bits per heavy atom. The minimum Gasteiger partial charge on any atom is -0.350 e. The van der Waals surface area contributed by atoms with E-state index < -0.39 is 11.9 Å². The third-order valence-electron chi connectivity index (χ3n) is 3.42. The standard InChI is InChI=1S/C13H14BrClF3N5O/c1-7-11(14)12(13(16,17)18)21-23(7)4-3-10(24)19-6-9-8(15)5-20-22(9)2/h5H,3-4,6H2,1-2H3,(H,19,24). The van der Waals surface area contributed by atoms with Crippen LogP contribution in [0.1, 0.15) is 23.5 Å². The van der Waals surface area contributed by atoms with Crippen molar-refractivity contribution in [3.8, 4) is 0 Å². The minimum atomic E-state index is -4.55. The Morgan fingerprint density at radius 3 is 2.62 bits per heavy atom. The molecule has 0 saturated carbocycles. The van der Waals surface area contributed by atoms with Crippen molar-refractivity contribution in [2.75, 3.05) is 0 Å². The van der Waals surface area contributed by atoms with Gasteiger partial charge in [0.2, 0.25) is 5.91 Å². The Bertz CT molecular complexity index is 736. The molecule has 0 unspecified atom stereocenters. The number of carbonyl (C=O) groups is 1. The zero-order chi connectivity index (χ0) is 18.1. The zero-order valence-electron chi connectivity index (χ0n) is 12.8. The summed E-state index contributed by atoms with van der Waals surface area (Å²) in [5.41, 5.74) is -0.0470. The number of amides is 1. The second kappa shape index (κ2) is 7.14. The van der Waals surface area contributed by atoms with E-state index in [2.05, 4.69) is 31.4 Å². The van der Waals surface area contributed by atoms with Crippen LogP contribution in [0, 0.1) is 6.92 Å². The first-order valence-corrected chi connectivity index (χ1v) is 8.01. The molecule has 0 aromatic carbocycles. The molecule has 6 nitrogen and oxygen atoms in total. The average molecular weight is 429 g/mol. The maximum Gasteiger partial charge on any atom is 0.436 e. The first kappa shape index (κ1) is 18.8. The summed E-state index contributed by atoms with van der Waals surface area (Å²) in [6, 6.07) is 0. The largest absolute Gasteiger partial charge is 0.436 e. The number of hydrogen-bond donors (Lipinski definition) is 1. The monoisotopic (exact) mass is 427 g/mol. The molecule has 24 heavy (non-hydrogen) atoms. The van der Waals surface area contributed by atoms with Crippen LogP contribution in [0.25, 0.3) is 0 Å². The lowest BCUT2D eigenvalue weighted by atomic mass is 10.3. The molecule has 1 N–H and O–H groups in total. The van der Waals surface area contributed by atoms with E-state index in [4.69, 9.17) is 11.6 Å². The Labute approximate surface area is 149 Å². The Hall–Kier alpha value is -1.55. The maximum absolute atomic E-state index is 12.8. The molecule has 0 aliphatic carbocycles. The van der Waals surface area contributed by atoms with Crippen molar-refractivity contribution in [1.82, 2.24) is 24.9 Å². The molecule has 2 rings (SSSR count). The van der Waals surface area contributed by atoms with E-state index in [1.165, 1.54) is 17.8 Å². The molecule has 0 atom stereocenters. The van der Waals surface area contributed by atoms with Gasteiger partial charge >= 0.3 is 6.18 Å². The third kappa shape index (κ3) is 4.10. The molecule has 0 fully saturated rings. The van der Waals surface area contributed by atoms with Crippen LogP contribution in [0.3, 0.4) is 0 Å². The number of halogens is 5. The van der Waals surface area contributed by atoms with Crippen molar-refractivity contribution in [2.45, 2.75) is 32.6 Å². The molecule has 0 aliphatic rings. The van der Waals surface area contributed by atoms with Gasteiger partial charge < -0.3 is 5.32 Å². The number of rotatable bonds is 5. The third-order valence-corrected chi connectivity index (χ3v) is 4.68. The van der Waals surface area contributed by atoms with Crippen LogP contribution >= 0.6 is 27.5 Å². The Kier molecular flexibility index (Phi) is 5.59. The van der Waals surface area contributed by atoms with Crippen LogP contribution in [0.4, 0.5) is 13.2 Å². The van der Waals surface area contributed by atoms with E-state index in [1.54, 1.807) is 7.05 Å². The lowest BCUT2D eigenvalue weighted by Crippen LogP contribution is -2.25. The molecule has 2 heterocycles. The molecule has 1 amide bonds. The predicted molar refractivity (Wildman–Crippen MR) is 84.3 cm³/mol. The Balaban J connectivity index is 1.95. The summed E-state index contributed by atoms with van der Waals surface area (Å²) in [7, 11) is 1.69. The second-order valence-corrected chi connectivity index (χ2v) is 6.26. The fraction of sp³-hybridized carbons (Fsp3) is 0.462. The van der Waals surface area contributed by atoms with Crippen molar-refractivity contribution in [3.63, 3.8) is 0 Å². The summed E-state index contributed by atoms with van der Waals surface area (Å²) >= 11 is 8.81. The van der Waals surface area contributed by atoms with Crippen molar-refractivity contribution in [3.05, 3.63) is 32.8 Å². The van der Waals surface area contributed by atoms with Crippen LogP contribution in [0.2, 0.25) is 5.02 Å². The molecular weight excluding hydrogens is 415 g/mol. The molecule has 0 spiro atoms. The van der Waals surface area contributed by atoms with E-state index in [0.717, 1.165) is 4.68 Å². The molecule has 0 radical (unpaired) electrons. The SMILES string of the molecule is Cc1c(Br)c(C(F)(F)F)nn1CCC(=O)NCc1c(Cl)cnn1C. The molecule has 2 aromatic heterocycles. The molecule has 11 heteroatoms. The highest BCUT2D eigenvalue weighted by molar-refractivity contribution is 9.10. The van der Waals surface area contributed by atoms with Crippen molar-refractivity contribution in [1.29, 1.82) is 0 Å². The van der Waals surface area contributed by atoms with Crippen molar-refractivity contribution >= 4 is 33.4 Å². The highest BCUT2D eigenvalue weighted by Gasteiger charge is 2.37. The maximum atomic E-state index is 12.8. The average Bonchev–Trinajstić information content (AvgIpc) is 2.96. The van der Waals surface area contributed by atoms with Crippen LogP contribution < -0.4 is 5.32 Å². The van der Waals surface area contributed by atoms with Gasteiger partial charge in [-0.05, 0) is 22.9 Å². The van der Waals surface area contributed by atoms with Crippen molar-refractivity contribution in [2.24, 2.45) is 7.05 Å². The number of alkyl halides is 3. The van der Waals surface area contributed by atoms with E-state index in [-0.39, 0.29) is 29.9 Å². The fourth-order valence-electron chi connectivity index (χ4n) is 2.04. The summed E-state index contributed by atoms with van der Waals surface area (Å²) in [4.78, 5) is 11.9. The van der Waals surface area contributed by atoms with Gasteiger partial charge in [0.15, 0.2) is 5.69 Å². The number of aryl methyl sites for hydroxylation is 2. The first-order valence-electron chi connectivity index (χ1n) is 6.84. The quantitative estimate of drug-likeness (QED) is 0.796. The van der Waals surface area contributed by atoms with Gasteiger partial charge in [0.05, 0.1) is 40.2 Å². The molecule has 0 bridgehead atoms. The smallest absolute Gasteiger partial charge is 0.350 e. The van der Waals surface area contributed by atoms with E-state index in [1.807, 2.05) is 0 Å². The summed E-state index contributed by atoms with van der Waals surface area (Å²) in [6.45, 7) is 1.72. The van der Waals surface area contributed by atoms with Gasteiger partial charge in [-0.1, -0.05) is 11.6 Å². The summed E-state index contributed by atoms with van der Waals surface area (Å²) in [5.74, 6) is -0.327. The fourth-order valence-corrected chi connectivity index (χ4v) is 2.78. The lowest BCUT2D eigenvalue weighted by molar-refractivity contribution is -0.142. The van der Waals surface area contributed by atoms with Gasteiger partial charge in [0.1, 0.15) is 0 Å². The molecule has 0 saturated heterocycles. The zero-order valence-corrected chi connectivity index (χ0v) is 15.1. The highest BCUT2D eigenvalue weighted by atomic mass is 79.9. The highest BCUT2D eigenvalue weighted by Crippen LogP contribution is 2.35. The number of nitrogens with zero attached hydrogens (tertiary/aromatic N) is 4. The van der Waals surface area contributed by atoms with Gasteiger partial charge in [0.25, 0.3) is 0 Å². The normalized spacial score (nSPS) is 11.8. The van der Waals surface area contributed by atoms with E-state index >= 15 is 0 Å². The number of aromatic nitrogens is 4. The predicted octanol–water partition coefficient (Wildman–Crippen LogP) is 3.07. The molecule has 132 valence electrons. The minimum absolute atomic E-state index is 0.0122. The summed E-state index contributed by atoms with van der Waals surface area (Å²) in [5, 5.41) is 10.5. The summed E-state index contributed by atoms with van der Waals surface area (Å²) in [6.07, 6.45) is -3.10. The van der Waals surface area contributed by atoms with Crippen LogP contribution in [0.5, 0.6) is 0 Å². The molecule has 2 aromatic rings. The molecular formula is C13H14BrClF3N5O. The van der Waals surface area contributed by atoms with Gasteiger partial charge in [-0.3, -0.25) is 14.2 Å². The second-order valence-electron chi connectivity index (χ2n) is 5.06. The van der Waals surface area contributed by atoms with Gasteiger partial charge in [0, 0.05) is 13.5 Å². The van der Waals surface area contributed by atoms with Crippen LogP contribution in [-0.4, -0.2) is 25.5 Å². The first-order chi connectivity index (χ1) is 11.1. The van der Waals surface area contributed by atoms with E-state index in [0.29, 0.717) is 16.4 Å². The molecule has 0 aliphatic heterocycles. The number of nitrogens with one attached hydrogen (secondary N) is 1. The van der Waals surface area contributed by atoms with Crippen LogP contribution in [-0.2, 0) is 31.1 Å². The van der Waals surface area contributed by atoms with Gasteiger partial charge in [-0.15, -0.1) is 0 Å². The lowest BCUT2D eigenvalue weighted by Gasteiger charge is -2.07. The summed E-state index contributed by atoms with van der Waals surface area (Å²) < 4.78 is 40.9.